The molecule has 0 amide bonds. The average molecular weight is 497 g/mol. The van der Waals surface area contributed by atoms with E-state index in [-0.39, 0.29) is 20.2 Å². The van der Waals surface area contributed by atoms with Gasteiger partial charge in [0.25, 0.3) is 0 Å². The van der Waals surface area contributed by atoms with E-state index in [9.17, 15) is 13.7 Å². The Labute approximate surface area is 205 Å². The first-order valence-corrected chi connectivity index (χ1v) is 13.2. The Kier molecular flexibility index (Phi) is 7.91. The monoisotopic (exact) mass is 496 g/mol. The molecule has 7 heteroatoms. The number of rotatable bonds is 7. The largest absolute Gasteiger partial charge is 0.348 e. The van der Waals surface area contributed by atoms with Crippen molar-refractivity contribution in [2.45, 2.75) is 36.8 Å². The van der Waals surface area contributed by atoms with Crippen LogP contribution < -0.4 is 5.32 Å². The Morgan fingerprint density at radius 3 is 2.24 bits per heavy atom. The molecule has 0 heterocycles. The lowest BCUT2D eigenvalue weighted by Crippen LogP contribution is -2.11. The summed E-state index contributed by atoms with van der Waals surface area (Å²) in [6.07, 6.45) is 0. The maximum Gasteiger partial charge on any atom is 0.219 e. The fourth-order valence-electron chi connectivity index (χ4n) is 3.06. The number of nitrogens with zero attached hydrogens (tertiary/aromatic N) is 1. The number of allylic oxidation sites excluding steroid dienone is 1. The Balaban J connectivity index is 1.99. The molecule has 0 spiro atoms. The van der Waals surface area contributed by atoms with Crippen molar-refractivity contribution in [3.8, 4) is 6.07 Å². The van der Waals surface area contributed by atoms with Crippen LogP contribution in [-0.4, -0.2) is 8.42 Å². The van der Waals surface area contributed by atoms with Crippen molar-refractivity contribution in [2.75, 3.05) is 5.32 Å². The number of hydrogen-bond donors (Lipinski definition) is 1. The van der Waals surface area contributed by atoms with E-state index in [1.807, 2.05) is 18.2 Å². The first-order chi connectivity index (χ1) is 15.6. The maximum atomic E-state index is 13.3. The quantitative estimate of drug-likeness (QED) is 0.352. The van der Waals surface area contributed by atoms with Crippen molar-refractivity contribution in [1.29, 1.82) is 5.26 Å². The molecule has 0 bridgehead atoms. The van der Waals surface area contributed by atoms with Gasteiger partial charge in [0.2, 0.25) is 9.84 Å². The van der Waals surface area contributed by atoms with E-state index in [2.05, 4.69) is 38.2 Å². The van der Waals surface area contributed by atoms with Crippen molar-refractivity contribution < 1.29 is 8.42 Å². The van der Waals surface area contributed by atoms with Crippen molar-refractivity contribution >= 4 is 38.9 Å². The molecule has 0 aliphatic carbocycles. The number of anilines is 1. The highest BCUT2D eigenvalue weighted by atomic mass is 35.5. The summed E-state index contributed by atoms with van der Waals surface area (Å²) in [6.45, 7) is 6.46. The minimum Gasteiger partial charge on any atom is -0.348 e. The van der Waals surface area contributed by atoms with Crippen LogP contribution in [0.4, 0.5) is 5.69 Å². The van der Waals surface area contributed by atoms with E-state index in [1.54, 1.807) is 42.5 Å². The molecule has 3 aromatic rings. The van der Waals surface area contributed by atoms with Gasteiger partial charge in [0.15, 0.2) is 4.91 Å². The van der Waals surface area contributed by atoms with E-state index >= 15 is 0 Å². The molecule has 33 heavy (non-hydrogen) atoms. The van der Waals surface area contributed by atoms with E-state index in [1.165, 1.54) is 29.5 Å². The van der Waals surface area contributed by atoms with Gasteiger partial charge in [-0.1, -0.05) is 80.9 Å². The van der Waals surface area contributed by atoms with Crippen molar-refractivity contribution in [2.24, 2.45) is 0 Å². The highest BCUT2D eigenvalue weighted by molar-refractivity contribution is 8.04. The van der Waals surface area contributed by atoms with Gasteiger partial charge in [0, 0.05) is 16.5 Å². The molecule has 0 fully saturated rings. The standard InChI is InChI=1S/C26H25ClN2O2S2/c1-26(2,3)20-14-12-19(13-15-20)18-32-25(29-22-9-7-8-21(27)16-22)24(17-28)33(30,31)23-10-5-4-6-11-23/h4-16,29H,18H2,1-3H3/b25-24+. The van der Waals surface area contributed by atoms with Crippen molar-refractivity contribution in [3.05, 3.63) is 105 Å². The van der Waals surface area contributed by atoms with Crippen LogP contribution in [-0.2, 0) is 21.0 Å². The fourth-order valence-corrected chi connectivity index (χ4v) is 5.80. The third kappa shape index (κ3) is 6.42. The van der Waals surface area contributed by atoms with Crippen molar-refractivity contribution in [3.63, 3.8) is 0 Å². The van der Waals surface area contributed by atoms with Crippen LogP contribution in [0.15, 0.2) is 93.7 Å². The van der Waals surface area contributed by atoms with Gasteiger partial charge in [-0.2, -0.15) is 5.26 Å². The lowest BCUT2D eigenvalue weighted by Gasteiger charge is -2.19. The number of benzene rings is 3. The van der Waals surface area contributed by atoms with Crippen LogP contribution in [0.1, 0.15) is 31.9 Å². The maximum absolute atomic E-state index is 13.3. The summed E-state index contributed by atoms with van der Waals surface area (Å²) in [7, 11) is -4.01. The molecule has 0 saturated carbocycles. The predicted molar refractivity (Wildman–Crippen MR) is 138 cm³/mol. The highest BCUT2D eigenvalue weighted by Crippen LogP contribution is 2.32. The number of halogens is 1. The lowest BCUT2D eigenvalue weighted by atomic mass is 9.87. The number of sulfone groups is 1. The summed E-state index contributed by atoms with van der Waals surface area (Å²) in [4.78, 5) is -0.257. The van der Waals surface area contributed by atoms with Crippen LogP contribution in [0.25, 0.3) is 0 Å². The van der Waals surface area contributed by atoms with Crippen LogP contribution in [0.5, 0.6) is 0 Å². The van der Waals surface area contributed by atoms with E-state index in [4.69, 9.17) is 11.6 Å². The summed E-state index contributed by atoms with van der Waals surface area (Å²) < 4.78 is 26.5. The van der Waals surface area contributed by atoms with E-state index < -0.39 is 9.84 Å². The smallest absolute Gasteiger partial charge is 0.219 e. The molecule has 170 valence electrons. The van der Waals surface area contributed by atoms with E-state index in [0.717, 1.165) is 5.56 Å². The normalized spacial score (nSPS) is 12.6. The predicted octanol–water partition coefficient (Wildman–Crippen LogP) is 7.15. The van der Waals surface area contributed by atoms with Gasteiger partial charge < -0.3 is 5.32 Å². The van der Waals surface area contributed by atoms with Gasteiger partial charge in [-0.25, -0.2) is 8.42 Å². The minimum absolute atomic E-state index is 0.0443. The number of nitriles is 1. The van der Waals surface area contributed by atoms with Crippen LogP contribution >= 0.6 is 23.4 Å². The average Bonchev–Trinajstić information content (AvgIpc) is 2.78. The molecule has 0 aliphatic heterocycles. The first kappa shape index (κ1) is 24.9. The molecular formula is C26H25ClN2O2S2. The van der Waals surface area contributed by atoms with Gasteiger partial charge in [0.1, 0.15) is 11.1 Å². The molecule has 0 saturated heterocycles. The van der Waals surface area contributed by atoms with E-state index in [0.29, 0.717) is 16.5 Å². The number of nitrogens with one attached hydrogen (secondary N) is 1. The second-order valence-electron chi connectivity index (χ2n) is 8.46. The minimum atomic E-state index is -4.01. The van der Waals surface area contributed by atoms with Crippen LogP contribution in [0.3, 0.4) is 0 Å². The Hall–Kier alpha value is -2.72. The third-order valence-corrected chi connectivity index (χ3v) is 8.08. The zero-order valence-electron chi connectivity index (χ0n) is 18.7. The van der Waals surface area contributed by atoms with Gasteiger partial charge in [-0.05, 0) is 46.9 Å². The molecule has 3 aromatic carbocycles. The Morgan fingerprint density at radius 2 is 1.67 bits per heavy atom. The van der Waals surface area contributed by atoms with Gasteiger partial charge in [0.05, 0.1) is 4.90 Å². The van der Waals surface area contributed by atoms with Crippen LogP contribution in [0, 0.1) is 11.3 Å². The topological polar surface area (TPSA) is 70.0 Å². The summed E-state index contributed by atoms with van der Waals surface area (Å²) in [5, 5.41) is 13.8. The SMILES string of the molecule is CC(C)(C)c1ccc(CS/C(Nc2cccc(Cl)c2)=C(\C#N)S(=O)(=O)c2ccccc2)cc1. The summed E-state index contributed by atoms with van der Waals surface area (Å²) in [5.74, 6) is 0.489. The zero-order chi connectivity index (χ0) is 24.1. The number of thioether (sulfide) groups is 1. The zero-order valence-corrected chi connectivity index (χ0v) is 21.1. The molecule has 0 radical (unpaired) electrons. The Morgan fingerprint density at radius 1 is 1.00 bits per heavy atom. The summed E-state index contributed by atoms with van der Waals surface area (Å²) >= 11 is 7.37. The summed E-state index contributed by atoms with van der Waals surface area (Å²) in [6, 6.07) is 25.1. The molecular weight excluding hydrogens is 472 g/mol. The Bertz CT molecular complexity index is 1290. The molecule has 3 rings (SSSR count). The first-order valence-electron chi connectivity index (χ1n) is 10.3. The fraction of sp³-hybridized carbons (Fsp3) is 0.192. The second-order valence-corrected chi connectivity index (χ2v) is 11.8. The molecule has 4 nitrogen and oxygen atoms in total. The molecule has 0 unspecified atom stereocenters. The van der Waals surface area contributed by atoms with Gasteiger partial charge in [-0.15, -0.1) is 11.8 Å². The van der Waals surface area contributed by atoms with Gasteiger partial charge >= 0.3 is 0 Å². The molecule has 1 N–H and O–H groups in total. The van der Waals surface area contributed by atoms with Gasteiger partial charge in [-0.3, -0.25) is 0 Å². The summed E-state index contributed by atoms with van der Waals surface area (Å²) in [5.41, 5.74) is 2.88. The highest BCUT2D eigenvalue weighted by Gasteiger charge is 2.25. The molecule has 0 aliphatic rings. The second kappa shape index (κ2) is 10.5. The number of hydrogen-bond acceptors (Lipinski definition) is 5. The molecule has 0 aromatic heterocycles. The third-order valence-electron chi connectivity index (χ3n) is 4.92. The van der Waals surface area contributed by atoms with Crippen LogP contribution in [0.2, 0.25) is 5.02 Å². The van der Waals surface area contributed by atoms with Crippen molar-refractivity contribution in [1.82, 2.24) is 0 Å². The molecule has 0 atom stereocenters. The lowest BCUT2D eigenvalue weighted by molar-refractivity contribution is 0.590.